The third-order valence-corrected chi connectivity index (χ3v) is 4.34. The Morgan fingerprint density at radius 1 is 1.13 bits per heavy atom. The average molecular weight is 335 g/mol. The summed E-state index contributed by atoms with van der Waals surface area (Å²) < 4.78 is 10.5. The highest BCUT2D eigenvalue weighted by Gasteiger charge is 2.18. The molecule has 23 heavy (non-hydrogen) atoms. The molecule has 122 valence electrons. The molecule has 0 aliphatic carbocycles. The third kappa shape index (κ3) is 3.81. The van der Waals surface area contributed by atoms with E-state index in [1.165, 1.54) is 17.0 Å². The molecule has 1 aromatic heterocycles. The molecule has 2 aromatic rings. The van der Waals surface area contributed by atoms with Gasteiger partial charge in [0.15, 0.2) is 0 Å². The molecule has 0 aliphatic heterocycles. The topological polar surface area (TPSA) is 76.1 Å². The van der Waals surface area contributed by atoms with Crippen molar-refractivity contribution in [1.82, 2.24) is 4.90 Å². The van der Waals surface area contributed by atoms with Crippen molar-refractivity contribution in [1.29, 1.82) is 0 Å². The van der Waals surface area contributed by atoms with Crippen LogP contribution in [0.2, 0.25) is 0 Å². The van der Waals surface area contributed by atoms with E-state index < -0.39 is 5.97 Å². The lowest BCUT2D eigenvalue weighted by molar-refractivity contribution is 0.0701. The Morgan fingerprint density at radius 3 is 2.39 bits per heavy atom. The number of benzene rings is 1. The first kappa shape index (κ1) is 16.8. The van der Waals surface area contributed by atoms with Crippen LogP contribution in [0.25, 0.3) is 0 Å². The number of carbonyl (C=O) groups excluding carboxylic acids is 1. The molecule has 0 unspecified atom stereocenters. The number of carboxylic acids is 1. The number of ether oxygens (including phenoxy) is 2. The molecule has 1 aromatic carbocycles. The predicted octanol–water partition coefficient (Wildman–Crippen LogP) is 2.74. The maximum Gasteiger partial charge on any atom is 0.345 e. The molecule has 1 N–H and O–H groups in total. The molecule has 6 nitrogen and oxygen atoms in total. The number of hydrogen-bond donors (Lipinski definition) is 1. The number of methoxy groups -OCH3 is 2. The van der Waals surface area contributed by atoms with Crippen LogP contribution in [0, 0.1) is 0 Å². The average Bonchev–Trinajstić information content (AvgIpc) is 3.04. The van der Waals surface area contributed by atoms with Crippen LogP contribution in [0.3, 0.4) is 0 Å². The zero-order valence-electron chi connectivity index (χ0n) is 13.0. The van der Waals surface area contributed by atoms with Gasteiger partial charge in [0.25, 0.3) is 5.91 Å². The Balaban J connectivity index is 2.15. The molecule has 0 saturated heterocycles. The molecule has 0 radical (unpaired) electrons. The summed E-state index contributed by atoms with van der Waals surface area (Å²) in [5.41, 5.74) is 0.833. The smallest absolute Gasteiger partial charge is 0.345 e. The van der Waals surface area contributed by atoms with Gasteiger partial charge in [0, 0.05) is 25.2 Å². The van der Waals surface area contributed by atoms with Crippen LogP contribution < -0.4 is 9.47 Å². The molecule has 0 saturated carbocycles. The van der Waals surface area contributed by atoms with Crippen molar-refractivity contribution < 1.29 is 24.2 Å². The van der Waals surface area contributed by atoms with Crippen LogP contribution in [-0.2, 0) is 6.54 Å². The molecular weight excluding hydrogens is 318 g/mol. The van der Waals surface area contributed by atoms with Gasteiger partial charge in [0.05, 0.1) is 19.1 Å². The highest BCUT2D eigenvalue weighted by Crippen LogP contribution is 2.26. The van der Waals surface area contributed by atoms with Gasteiger partial charge < -0.3 is 19.5 Å². The normalized spacial score (nSPS) is 10.2. The van der Waals surface area contributed by atoms with Gasteiger partial charge in [-0.1, -0.05) is 0 Å². The first-order chi connectivity index (χ1) is 11.0. The van der Waals surface area contributed by atoms with E-state index in [0.29, 0.717) is 22.9 Å². The zero-order chi connectivity index (χ0) is 17.0. The molecule has 0 spiro atoms. The summed E-state index contributed by atoms with van der Waals surface area (Å²) in [7, 11) is 4.78. The second kappa shape index (κ2) is 7.15. The van der Waals surface area contributed by atoms with E-state index in [1.807, 2.05) is 6.07 Å². The van der Waals surface area contributed by atoms with Crippen molar-refractivity contribution in [2.45, 2.75) is 6.54 Å². The zero-order valence-corrected chi connectivity index (χ0v) is 13.8. The van der Waals surface area contributed by atoms with Crippen LogP contribution in [0.4, 0.5) is 0 Å². The van der Waals surface area contributed by atoms with E-state index >= 15 is 0 Å². The number of carbonyl (C=O) groups is 2. The standard InChI is InChI=1S/C16H17NO5S/c1-17(15(18)13-6-7-14(23-13)16(19)20)9-10-4-5-11(21-2)8-12(10)22-3/h4-8H,9H2,1-3H3,(H,19,20). The molecule has 1 heterocycles. The molecule has 7 heteroatoms. The van der Waals surface area contributed by atoms with Gasteiger partial charge in [-0.15, -0.1) is 11.3 Å². The van der Waals surface area contributed by atoms with Gasteiger partial charge in [-0.3, -0.25) is 4.79 Å². The number of hydrogen-bond acceptors (Lipinski definition) is 5. The molecule has 0 atom stereocenters. The molecular formula is C16H17NO5S. The Bertz CT molecular complexity index is 725. The molecule has 0 bridgehead atoms. The highest BCUT2D eigenvalue weighted by atomic mass is 32.1. The molecule has 2 rings (SSSR count). The van der Waals surface area contributed by atoms with E-state index in [0.717, 1.165) is 16.9 Å². The van der Waals surface area contributed by atoms with Gasteiger partial charge in [0.1, 0.15) is 16.4 Å². The van der Waals surface area contributed by atoms with Gasteiger partial charge >= 0.3 is 5.97 Å². The van der Waals surface area contributed by atoms with Crippen molar-refractivity contribution in [3.05, 3.63) is 45.6 Å². The van der Waals surface area contributed by atoms with Crippen LogP contribution in [-0.4, -0.2) is 43.2 Å². The summed E-state index contributed by atoms with van der Waals surface area (Å²) in [5.74, 6) is 0.0271. The number of rotatable bonds is 6. The SMILES string of the molecule is COc1ccc(CN(C)C(=O)c2ccc(C(=O)O)s2)c(OC)c1. The van der Waals surface area contributed by atoms with Crippen LogP contribution in [0.1, 0.15) is 24.9 Å². The summed E-state index contributed by atoms with van der Waals surface area (Å²) in [6.45, 7) is 0.340. The Kier molecular flexibility index (Phi) is 5.23. The third-order valence-electron chi connectivity index (χ3n) is 3.28. The van der Waals surface area contributed by atoms with E-state index in [9.17, 15) is 9.59 Å². The number of nitrogens with zero attached hydrogens (tertiary/aromatic N) is 1. The fourth-order valence-electron chi connectivity index (χ4n) is 2.07. The summed E-state index contributed by atoms with van der Waals surface area (Å²) in [6.07, 6.45) is 0. The van der Waals surface area contributed by atoms with Crippen molar-refractivity contribution >= 4 is 23.2 Å². The van der Waals surface area contributed by atoms with Gasteiger partial charge in [0.2, 0.25) is 0 Å². The second-order valence-corrected chi connectivity index (χ2v) is 5.89. The first-order valence-electron chi connectivity index (χ1n) is 6.75. The maximum absolute atomic E-state index is 12.4. The largest absolute Gasteiger partial charge is 0.497 e. The second-order valence-electron chi connectivity index (χ2n) is 4.81. The van der Waals surface area contributed by atoms with Gasteiger partial charge in [-0.2, -0.15) is 0 Å². The number of aromatic carboxylic acids is 1. The van der Waals surface area contributed by atoms with Crippen LogP contribution in [0.5, 0.6) is 11.5 Å². The Morgan fingerprint density at radius 2 is 1.83 bits per heavy atom. The Labute approximate surface area is 137 Å². The maximum atomic E-state index is 12.4. The van der Waals surface area contributed by atoms with Gasteiger partial charge in [-0.05, 0) is 24.3 Å². The lowest BCUT2D eigenvalue weighted by Gasteiger charge is -2.18. The van der Waals surface area contributed by atoms with E-state index in [4.69, 9.17) is 14.6 Å². The minimum absolute atomic E-state index is 0.142. The van der Waals surface area contributed by atoms with Crippen molar-refractivity contribution in [2.75, 3.05) is 21.3 Å². The lowest BCUT2D eigenvalue weighted by Crippen LogP contribution is -2.25. The van der Waals surface area contributed by atoms with Crippen molar-refractivity contribution in [2.24, 2.45) is 0 Å². The molecule has 1 amide bonds. The minimum atomic E-state index is -1.03. The monoisotopic (exact) mass is 335 g/mol. The van der Waals surface area contributed by atoms with E-state index in [-0.39, 0.29) is 10.8 Å². The summed E-state index contributed by atoms with van der Waals surface area (Å²) in [6, 6.07) is 8.34. The van der Waals surface area contributed by atoms with Crippen LogP contribution in [0.15, 0.2) is 30.3 Å². The summed E-state index contributed by atoms with van der Waals surface area (Å²) in [4.78, 5) is 25.3. The van der Waals surface area contributed by atoms with E-state index in [1.54, 1.807) is 33.4 Å². The Hall–Kier alpha value is -2.54. The van der Waals surface area contributed by atoms with Crippen molar-refractivity contribution in [3.8, 4) is 11.5 Å². The molecule has 0 aliphatic rings. The van der Waals surface area contributed by atoms with Crippen molar-refractivity contribution in [3.63, 3.8) is 0 Å². The molecule has 0 fully saturated rings. The number of amides is 1. The van der Waals surface area contributed by atoms with Crippen LogP contribution >= 0.6 is 11.3 Å². The fourth-order valence-corrected chi connectivity index (χ4v) is 2.91. The number of carboxylic acid groups (broad SMARTS) is 1. The minimum Gasteiger partial charge on any atom is -0.497 e. The number of thiophene rings is 1. The lowest BCUT2D eigenvalue weighted by atomic mass is 10.1. The summed E-state index contributed by atoms with van der Waals surface area (Å²) in [5, 5.41) is 8.93. The highest BCUT2D eigenvalue weighted by molar-refractivity contribution is 7.15. The predicted molar refractivity (Wildman–Crippen MR) is 86.6 cm³/mol. The summed E-state index contributed by atoms with van der Waals surface area (Å²) >= 11 is 0.962. The quantitative estimate of drug-likeness (QED) is 0.878. The van der Waals surface area contributed by atoms with Gasteiger partial charge in [-0.25, -0.2) is 4.79 Å². The first-order valence-corrected chi connectivity index (χ1v) is 7.57. The van der Waals surface area contributed by atoms with E-state index in [2.05, 4.69) is 0 Å². The fraction of sp³-hybridized carbons (Fsp3) is 0.250.